The van der Waals surface area contributed by atoms with Gasteiger partial charge in [-0.05, 0) is 41.8 Å². The number of carbonyl (C=O) groups is 2. The molecule has 2 fully saturated rings. The second-order valence-corrected chi connectivity index (χ2v) is 10.2. The maximum Gasteiger partial charge on any atom is 0.452 e. The van der Waals surface area contributed by atoms with Gasteiger partial charge in [0.05, 0.1) is 18.5 Å². The zero-order valence-corrected chi connectivity index (χ0v) is 21.6. The summed E-state index contributed by atoms with van der Waals surface area (Å²) in [6, 6.07) is 17.7. The summed E-state index contributed by atoms with van der Waals surface area (Å²) >= 11 is 0. The molecule has 2 aromatic heterocycles. The summed E-state index contributed by atoms with van der Waals surface area (Å²) in [7, 11) is 0. The van der Waals surface area contributed by atoms with Gasteiger partial charge in [-0.3, -0.25) is 9.59 Å². The molecule has 2 aromatic carbocycles. The van der Waals surface area contributed by atoms with Crippen LogP contribution >= 0.6 is 0 Å². The maximum absolute atomic E-state index is 14.0. The molecule has 2 aliphatic rings. The summed E-state index contributed by atoms with van der Waals surface area (Å²) in [4.78, 5) is 38.0. The first kappa shape index (κ1) is 26.7. The number of aromatic nitrogens is 2. The topological polar surface area (TPSA) is 79.5 Å². The molecule has 0 radical (unpaired) electrons. The Bertz CT molecular complexity index is 1590. The molecular weight excluding hydrogens is 540 g/mol. The zero-order valence-electron chi connectivity index (χ0n) is 21.6. The number of hydrogen-bond acceptors (Lipinski definition) is 6. The third kappa shape index (κ3) is 5.31. The van der Waals surface area contributed by atoms with Crippen molar-refractivity contribution in [2.45, 2.75) is 37.5 Å². The van der Waals surface area contributed by atoms with Crippen LogP contribution in [0.4, 0.5) is 23.4 Å². The van der Waals surface area contributed by atoms with Gasteiger partial charge in [-0.1, -0.05) is 42.5 Å². The van der Waals surface area contributed by atoms with Gasteiger partial charge in [0.1, 0.15) is 11.6 Å². The lowest BCUT2D eigenvalue weighted by Crippen LogP contribution is -2.49. The molecule has 7 nitrogen and oxygen atoms in total. The normalized spacial score (nSPS) is 18.2. The number of fused-ring (bicyclic) bond motifs is 2. The molecule has 41 heavy (non-hydrogen) atoms. The predicted octanol–water partition coefficient (Wildman–Crippen LogP) is 5.35. The van der Waals surface area contributed by atoms with Crippen LogP contribution in [0.2, 0.25) is 0 Å². The SMILES string of the molecule is O=C(Cc1ccc(N2CC3CC2CN3C(=O)Cc2ccccc2F)nc1)c1nc(-c2ccccc2)oc1C(F)(F)F. The molecular formula is C30H24F4N4O3. The van der Waals surface area contributed by atoms with Gasteiger partial charge in [0, 0.05) is 31.3 Å². The largest absolute Gasteiger partial charge is 0.452 e. The molecule has 210 valence electrons. The van der Waals surface area contributed by atoms with Crippen molar-refractivity contribution in [2.75, 3.05) is 18.0 Å². The number of benzene rings is 2. The van der Waals surface area contributed by atoms with Crippen molar-refractivity contribution in [2.24, 2.45) is 0 Å². The lowest BCUT2D eigenvalue weighted by molar-refractivity contribution is -0.153. The first-order valence-electron chi connectivity index (χ1n) is 13.1. The Hall–Kier alpha value is -4.54. The number of halogens is 4. The van der Waals surface area contributed by atoms with E-state index in [2.05, 4.69) is 14.9 Å². The van der Waals surface area contributed by atoms with Gasteiger partial charge in [0.2, 0.25) is 17.6 Å². The van der Waals surface area contributed by atoms with Crippen LogP contribution in [0.5, 0.6) is 0 Å². The Balaban J connectivity index is 1.11. The van der Waals surface area contributed by atoms with Crippen molar-refractivity contribution in [3.63, 3.8) is 0 Å². The number of oxazole rings is 1. The molecule has 0 spiro atoms. The molecule has 2 atom stereocenters. The number of hydrogen-bond donors (Lipinski definition) is 0. The van der Waals surface area contributed by atoms with Crippen molar-refractivity contribution >= 4 is 17.5 Å². The predicted molar refractivity (Wildman–Crippen MR) is 141 cm³/mol. The smallest absolute Gasteiger partial charge is 0.431 e. The molecule has 2 aliphatic heterocycles. The van der Waals surface area contributed by atoms with E-state index in [4.69, 9.17) is 4.42 Å². The fourth-order valence-electron chi connectivity index (χ4n) is 5.52. The average Bonchev–Trinajstić information content (AvgIpc) is 3.70. The van der Waals surface area contributed by atoms with Crippen molar-refractivity contribution in [1.29, 1.82) is 0 Å². The summed E-state index contributed by atoms with van der Waals surface area (Å²) in [6.45, 7) is 1.06. The van der Waals surface area contributed by atoms with E-state index in [0.717, 1.165) is 6.42 Å². The molecule has 0 N–H and O–H groups in total. The molecule has 1 amide bonds. The highest BCUT2D eigenvalue weighted by Gasteiger charge is 2.46. The highest BCUT2D eigenvalue weighted by molar-refractivity contribution is 5.97. The Morgan fingerprint density at radius 2 is 1.68 bits per heavy atom. The summed E-state index contributed by atoms with van der Waals surface area (Å²) in [5.41, 5.74) is 0.364. The monoisotopic (exact) mass is 564 g/mol. The summed E-state index contributed by atoms with van der Waals surface area (Å²) in [6.07, 6.45) is -2.98. The first-order chi connectivity index (χ1) is 19.7. The van der Waals surface area contributed by atoms with Gasteiger partial charge in [0.15, 0.2) is 11.5 Å². The highest BCUT2D eigenvalue weighted by Crippen LogP contribution is 2.36. The van der Waals surface area contributed by atoms with Gasteiger partial charge >= 0.3 is 6.18 Å². The van der Waals surface area contributed by atoms with Crippen molar-refractivity contribution in [1.82, 2.24) is 14.9 Å². The van der Waals surface area contributed by atoms with Crippen LogP contribution in [0.25, 0.3) is 11.5 Å². The fourth-order valence-corrected chi connectivity index (χ4v) is 5.52. The number of rotatable bonds is 7. The molecule has 2 bridgehead atoms. The summed E-state index contributed by atoms with van der Waals surface area (Å²) in [5.74, 6) is -2.40. The molecule has 2 unspecified atom stereocenters. The van der Waals surface area contributed by atoms with E-state index >= 15 is 0 Å². The van der Waals surface area contributed by atoms with Crippen molar-refractivity contribution < 1.29 is 31.6 Å². The van der Waals surface area contributed by atoms with Crippen LogP contribution in [-0.4, -0.2) is 51.7 Å². The van der Waals surface area contributed by atoms with E-state index in [1.807, 2.05) is 0 Å². The number of nitrogens with zero attached hydrogens (tertiary/aromatic N) is 4. The number of carbonyl (C=O) groups excluding carboxylic acids is 2. The third-order valence-electron chi connectivity index (χ3n) is 7.50. The van der Waals surface area contributed by atoms with Crippen LogP contribution in [0.3, 0.4) is 0 Å². The minimum absolute atomic E-state index is 0.00524. The van der Waals surface area contributed by atoms with Crippen molar-refractivity contribution in [3.8, 4) is 11.5 Å². The quantitative estimate of drug-likeness (QED) is 0.222. The van der Waals surface area contributed by atoms with E-state index in [-0.39, 0.29) is 36.7 Å². The number of ketones is 1. The third-order valence-corrected chi connectivity index (χ3v) is 7.50. The van der Waals surface area contributed by atoms with Crippen LogP contribution < -0.4 is 4.90 Å². The number of likely N-dealkylation sites (tertiary alicyclic amines) is 1. The van der Waals surface area contributed by atoms with Crippen LogP contribution in [0, 0.1) is 5.82 Å². The van der Waals surface area contributed by atoms with Gasteiger partial charge in [0.25, 0.3) is 0 Å². The van der Waals surface area contributed by atoms with Gasteiger partial charge in [-0.15, -0.1) is 0 Å². The highest BCUT2D eigenvalue weighted by atomic mass is 19.4. The molecule has 4 heterocycles. The second kappa shape index (κ2) is 10.5. The zero-order chi connectivity index (χ0) is 28.7. The van der Waals surface area contributed by atoms with Crippen LogP contribution in [-0.2, 0) is 23.8 Å². The number of piperazine rings is 1. The first-order valence-corrected chi connectivity index (χ1v) is 13.1. The molecule has 0 saturated carbocycles. The Morgan fingerprint density at radius 3 is 2.34 bits per heavy atom. The number of Topliss-reactive ketones (excluding diaryl/α,β-unsaturated/α-hetero) is 1. The Morgan fingerprint density at radius 1 is 0.927 bits per heavy atom. The number of anilines is 1. The standard InChI is InChI=1S/C30H24F4N4O3/c31-23-9-5-4-8-20(23)13-26(40)38-17-21-14-22(38)16-37(21)25-11-10-18(15-35-25)12-24(39)27-28(30(32,33)34)41-29(36-27)19-6-2-1-3-7-19/h1-11,15,21-22H,12-14,16-17H2. The van der Waals surface area contributed by atoms with E-state index in [9.17, 15) is 27.2 Å². The minimum atomic E-state index is -4.88. The van der Waals surface area contributed by atoms with Crippen LogP contribution in [0.15, 0.2) is 77.3 Å². The second-order valence-electron chi connectivity index (χ2n) is 10.2. The molecule has 11 heteroatoms. The number of pyridine rings is 1. The van der Waals surface area contributed by atoms with Gasteiger partial charge in [-0.2, -0.15) is 13.2 Å². The lowest BCUT2D eigenvalue weighted by atomic mass is 10.1. The van der Waals surface area contributed by atoms with Gasteiger partial charge < -0.3 is 14.2 Å². The van der Waals surface area contributed by atoms with Crippen LogP contribution in [0.1, 0.15) is 33.8 Å². The molecule has 0 aliphatic carbocycles. The number of alkyl halides is 3. The lowest BCUT2D eigenvalue weighted by Gasteiger charge is -2.35. The Labute approximate surface area is 232 Å². The molecule has 6 rings (SSSR count). The summed E-state index contributed by atoms with van der Waals surface area (Å²) < 4.78 is 59.9. The van der Waals surface area contributed by atoms with E-state index in [1.54, 1.807) is 65.6 Å². The van der Waals surface area contributed by atoms with E-state index in [0.29, 0.717) is 35.6 Å². The van der Waals surface area contributed by atoms with Crippen molar-refractivity contribution in [3.05, 3.63) is 101 Å². The minimum Gasteiger partial charge on any atom is -0.431 e. The molecule has 2 saturated heterocycles. The number of amides is 1. The fraction of sp³-hybridized carbons (Fsp3) is 0.267. The molecule has 4 aromatic rings. The van der Waals surface area contributed by atoms with E-state index in [1.165, 1.54) is 12.3 Å². The average molecular weight is 565 g/mol. The maximum atomic E-state index is 14.0. The Kier molecular flexibility index (Phi) is 6.80. The van der Waals surface area contributed by atoms with E-state index < -0.39 is 29.2 Å². The van der Waals surface area contributed by atoms with Gasteiger partial charge in [-0.25, -0.2) is 14.4 Å². The summed E-state index contributed by atoms with van der Waals surface area (Å²) in [5, 5.41) is 0.